The maximum Gasteiger partial charge on any atom is 0.142 e. The van der Waals surface area contributed by atoms with Crippen LogP contribution in [0.4, 0.5) is 4.39 Å². The first-order chi connectivity index (χ1) is 8.24. The second kappa shape index (κ2) is 5.65. The molecule has 2 nitrogen and oxygen atoms in total. The minimum Gasteiger partial charge on any atom is -0.501 e. The Hall–Kier alpha value is -0.870. The lowest BCUT2D eigenvalue weighted by atomic mass is 9.95. The maximum absolute atomic E-state index is 14.0. The van der Waals surface area contributed by atoms with E-state index in [1.54, 1.807) is 18.4 Å². The van der Waals surface area contributed by atoms with E-state index in [4.69, 9.17) is 4.74 Å². The summed E-state index contributed by atoms with van der Waals surface area (Å²) < 4.78 is 19.9. The minimum absolute atomic E-state index is 0.118. The van der Waals surface area contributed by atoms with E-state index in [0.29, 0.717) is 10.0 Å². The molecule has 1 unspecified atom stereocenters. The summed E-state index contributed by atoms with van der Waals surface area (Å²) in [4.78, 5) is 0. The molecule has 4 heteroatoms. The van der Waals surface area contributed by atoms with Gasteiger partial charge in [0.25, 0.3) is 0 Å². The monoisotopic (exact) mass is 299 g/mol. The van der Waals surface area contributed by atoms with Crippen molar-refractivity contribution >= 4 is 15.9 Å². The van der Waals surface area contributed by atoms with Gasteiger partial charge in [0.05, 0.1) is 23.4 Å². The van der Waals surface area contributed by atoms with Gasteiger partial charge in [0.1, 0.15) is 5.82 Å². The summed E-state index contributed by atoms with van der Waals surface area (Å²) in [5.74, 6) is -0.210. The zero-order chi connectivity index (χ0) is 12.3. The molecule has 92 valence electrons. The molecule has 0 saturated carbocycles. The first-order valence-corrected chi connectivity index (χ1v) is 6.45. The molecule has 1 atom stereocenters. The standard InChI is InChI=1S/C13H15BrFNO/c1-16-13(9-4-3-7-17-8-9)10-5-2-6-11(14)12(10)15/h2,5-6,8,13,16H,3-4,7H2,1H3. The fourth-order valence-electron chi connectivity index (χ4n) is 2.08. The van der Waals surface area contributed by atoms with Crippen LogP contribution in [0.15, 0.2) is 34.5 Å². The Morgan fingerprint density at radius 2 is 2.29 bits per heavy atom. The van der Waals surface area contributed by atoms with Gasteiger partial charge in [0, 0.05) is 5.56 Å². The predicted octanol–water partition coefficient (Wildman–Crippen LogP) is 3.54. The van der Waals surface area contributed by atoms with Crippen molar-refractivity contribution in [3.05, 3.63) is 45.9 Å². The van der Waals surface area contributed by atoms with Crippen LogP contribution in [0.3, 0.4) is 0 Å². The summed E-state index contributed by atoms with van der Waals surface area (Å²) in [6.45, 7) is 0.751. The number of hydrogen-bond acceptors (Lipinski definition) is 2. The number of halogens is 2. The summed E-state index contributed by atoms with van der Waals surface area (Å²) in [5.41, 5.74) is 1.74. The molecule has 0 bridgehead atoms. The van der Waals surface area contributed by atoms with E-state index >= 15 is 0 Å². The second-order valence-corrected chi connectivity index (χ2v) is 4.89. The van der Waals surface area contributed by atoms with Gasteiger partial charge in [0.15, 0.2) is 0 Å². The van der Waals surface area contributed by atoms with Gasteiger partial charge in [-0.3, -0.25) is 0 Å². The molecule has 0 radical (unpaired) electrons. The van der Waals surface area contributed by atoms with Crippen molar-refractivity contribution in [3.8, 4) is 0 Å². The molecular formula is C13H15BrFNO. The molecule has 0 fully saturated rings. The third kappa shape index (κ3) is 2.69. The van der Waals surface area contributed by atoms with E-state index in [9.17, 15) is 4.39 Å². The molecule has 0 aliphatic carbocycles. The van der Waals surface area contributed by atoms with Gasteiger partial charge in [-0.2, -0.15) is 0 Å². The van der Waals surface area contributed by atoms with Crippen LogP contribution in [0, 0.1) is 5.82 Å². The van der Waals surface area contributed by atoms with Crippen molar-refractivity contribution in [2.24, 2.45) is 0 Å². The zero-order valence-corrected chi connectivity index (χ0v) is 11.3. The Morgan fingerprint density at radius 1 is 1.47 bits per heavy atom. The molecule has 0 saturated heterocycles. The van der Waals surface area contributed by atoms with Crippen LogP contribution in [0.25, 0.3) is 0 Å². The number of benzene rings is 1. The molecule has 0 aromatic heterocycles. The highest BCUT2D eigenvalue weighted by atomic mass is 79.9. The van der Waals surface area contributed by atoms with Gasteiger partial charge in [-0.25, -0.2) is 4.39 Å². The quantitative estimate of drug-likeness (QED) is 0.922. The van der Waals surface area contributed by atoms with Gasteiger partial charge in [-0.1, -0.05) is 12.1 Å². The lowest BCUT2D eigenvalue weighted by Gasteiger charge is -2.23. The van der Waals surface area contributed by atoms with Gasteiger partial charge < -0.3 is 10.1 Å². The number of rotatable bonds is 3. The number of likely N-dealkylation sites (N-methyl/N-ethyl adjacent to an activating group) is 1. The lowest BCUT2D eigenvalue weighted by Crippen LogP contribution is -2.22. The van der Waals surface area contributed by atoms with E-state index in [0.717, 1.165) is 25.0 Å². The second-order valence-electron chi connectivity index (χ2n) is 4.03. The molecule has 17 heavy (non-hydrogen) atoms. The Labute approximate surface area is 109 Å². The molecule has 0 spiro atoms. The highest BCUT2D eigenvalue weighted by molar-refractivity contribution is 9.10. The molecule has 0 amide bonds. The van der Waals surface area contributed by atoms with Gasteiger partial charge in [-0.15, -0.1) is 0 Å². The molecule has 1 aromatic carbocycles. The van der Waals surface area contributed by atoms with Crippen molar-refractivity contribution in [1.82, 2.24) is 5.32 Å². The van der Waals surface area contributed by atoms with Crippen molar-refractivity contribution in [2.75, 3.05) is 13.7 Å². The first-order valence-electron chi connectivity index (χ1n) is 5.65. The summed E-state index contributed by atoms with van der Waals surface area (Å²) >= 11 is 3.21. The molecular weight excluding hydrogens is 285 g/mol. The molecule has 1 N–H and O–H groups in total. The minimum atomic E-state index is -0.210. The van der Waals surface area contributed by atoms with E-state index in [-0.39, 0.29) is 11.9 Å². The normalized spacial score (nSPS) is 17.2. The van der Waals surface area contributed by atoms with Gasteiger partial charge >= 0.3 is 0 Å². The molecule has 1 aliphatic rings. The summed E-state index contributed by atoms with van der Waals surface area (Å²) in [5, 5.41) is 3.15. The highest BCUT2D eigenvalue weighted by Crippen LogP contribution is 2.31. The fourth-order valence-corrected chi connectivity index (χ4v) is 2.46. The van der Waals surface area contributed by atoms with Gasteiger partial charge in [0.2, 0.25) is 0 Å². The fraction of sp³-hybridized carbons (Fsp3) is 0.385. The average molecular weight is 300 g/mol. The van der Waals surface area contributed by atoms with Crippen molar-refractivity contribution in [2.45, 2.75) is 18.9 Å². The third-order valence-corrected chi connectivity index (χ3v) is 3.53. The van der Waals surface area contributed by atoms with E-state index in [1.807, 2.05) is 13.1 Å². The Morgan fingerprint density at radius 3 is 2.94 bits per heavy atom. The van der Waals surface area contributed by atoms with Crippen molar-refractivity contribution in [1.29, 1.82) is 0 Å². The van der Waals surface area contributed by atoms with Crippen LogP contribution in [0.5, 0.6) is 0 Å². The van der Waals surface area contributed by atoms with E-state index in [1.165, 1.54) is 0 Å². The van der Waals surface area contributed by atoms with Crippen LogP contribution in [0.1, 0.15) is 24.4 Å². The average Bonchev–Trinajstić information content (AvgIpc) is 2.37. The topological polar surface area (TPSA) is 21.3 Å². The number of ether oxygens (including phenoxy) is 1. The van der Waals surface area contributed by atoms with Crippen molar-refractivity contribution < 1.29 is 9.13 Å². The highest BCUT2D eigenvalue weighted by Gasteiger charge is 2.21. The molecule has 1 heterocycles. The number of nitrogens with one attached hydrogen (secondary N) is 1. The molecule has 1 aromatic rings. The van der Waals surface area contributed by atoms with Crippen LogP contribution >= 0.6 is 15.9 Å². The van der Waals surface area contributed by atoms with Crippen molar-refractivity contribution in [3.63, 3.8) is 0 Å². The smallest absolute Gasteiger partial charge is 0.142 e. The third-order valence-electron chi connectivity index (χ3n) is 2.91. The largest absolute Gasteiger partial charge is 0.501 e. The Balaban J connectivity index is 2.34. The van der Waals surface area contributed by atoms with Crippen LogP contribution in [-0.4, -0.2) is 13.7 Å². The zero-order valence-electron chi connectivity index (χ0n) is 9.67. The Bertz CT molecular complexity index is 433. The maximum atomic E-state index is 14.0. The van der Waals surface area contributed by atoms with Crippen LogP contribution in [0.2, 0.25) is 0 Å². The first kappa shape index (κ1) is 12.6. The summed E-state index contributed by atoms with van der Waals surface area (Å²) in [6.07, 6.45) is 3.68. The van der Waals surface area contributed by atoms with Crippen LogP contribution < -0.4 is 5.32 Å². The molecule has 2 rings (SSSR count). The number of hydrogen-bond donors (Lipinski definition) is 1. The lowest BCUT2D eigenvalue weighted by molar-refractivity contribution is 0.219. The Kier molecular flexibility index (Phi) is 4.18. The molecule has 1 aliphatic heterocycles. The van der Waals surface area contributed by atoms with Gasteiger partial charge in [-0.05, 0) is 47.5 Å². The predicted molar refractivity (Wildman–Crippen MR) is 69.2 cm³/mol. The van der Waals surface area contributed by atoms with Crippen LogP contribution in [-0.2, 0) is 4.74 Å². The summed E-state index contributed by atoms with van der Waals surface area (Å²) in [7, 11) is 1.83. The van der Waals surface area contributed by atoms with E-state index in [2.05, 4.69) is 21.2 Å². The SMILES string of the molecule is CNC(C1=COCCC1)c1cccc(Br)c1F. The van der Waals surface area contributed by atoms with E-state index < -0.39 is 0 Å². The summed E-state index contributed by atoms with van der Waals surface area (Å²) in [6, 6.07) is 5.23.